The summed E-state index contributed by atoms with van der Waals surface area (Å²) in [6.07, 6.45) is 0. The van der Waals surface area contributed by atoms with Crippen molar-refractivity contribution < 1.29 is 0 Å². The van der Waals surface area contributed by atoms with E-state index in [0.29, 0.717) is 15.7 Å². The molecular formula is C9H12Cl2N2. The molecule has 1 atom stereocenters. The first-order valence-corrected chi connectivity index (χ1v) is 4.74. The number of benzene rings is 1. The van der Waals surface area contributed by atoms with E-state index >= 15 is 0 Å². The standard InChI is InChI=1S/C9H12Cl2N2/c1-5(13-2)6-3-4-7(12)9(11)8(6)10/h3-5,13H,12H2,1-2H3/t5-/m0/s1. The van der Waals surface area contributed by atoms with Gasteiger partial charge >= 0.3 is 0 Å². The van der Waals surface area contributed by atoms with Gasteiger partial charge in [-0.05, 0) is 25.6 Å². The summed E-state index contributed by atoms with van der Waals surface area (Å²) in [5.41, 5.74) is 7.07. The van der Waals surface area contributed by atoms with Crippen LogP contribution in [0.25, 0.3) is 0 Å². The first-order valence-electron chi connectivity index (χ1n) is 3.98. The van der Waals surface area contributed by atoms with Gasteiger partial charge in [-0.2, -0.15) is 0 Å². The van der Waals surface area contributed by atoms with Crippen LogP contribution in [-0.4, -0.2) is 7.05 Å². The van der Waals surface area contributed by atoms with E-state index in [9.17, 15) is 0 Å². The summed E-state index contributed by atoms with van der Waals surface area (Å²) in [6, 6.07) is 3.81. The highest BCUT2D eigenvalue weighted by atomic mass is 35.5. The average Bonchev–Trinajstić information content (AvgIpc) is 2.13. The van der Waals surface area contributed by atoms with Crippen LogP contribution in [0, 0.1) is 0 Å². The van der Waals surface area contributed by atoms with Crippen LogP contribution in [0.5, 0.6) is 0 Å². The first kappa shape index (κ1) is 10.6. The van der Waals surface area contributed by atoms with Gasteiger partial charge in [-0.1, -0.05) is 29.3 Å². The van der Waals surface area contributed by atoms with Crippen LogP contribution in [0.4, 0.5) is 5.69 Å². The third kappa shape index (κ3) is 2.08. The Morgan fingerprint density at radius 3 is 2.46 bits per heavy atom. The Morgan fingerprint density at radius 1 is 1.31 bits per heavy atom. The van der Waals surface area contributed by atoms with Gasteiger partial charge in [-0.25, -0.2) is 0 Å². The van der Waals surface area contributed by atoms with Gasteiger partial charge in [0.1, 0.15) is 0 Å². The molecular weight excluding hydrogens is 207 g/mol. The first-order chi connectivity index (χ1) is 6.07. The van der Waals surface area contributed by atoms with Crippen molar-refractivity contribution in [2.24, 2.45) is 0 Å². The Morgan fingerprint density at radius 2 is 1.92 bits per heavy atom. The monoisotopic (exact) mass is 218 g/mol. The van der Waals surface area contributed by atoms with E-state index in [1.165, 1.54) is 0 Å². The predicted molar refractivity (Wildman–Crippen MR) is 58.3 cm³/mol. The molecule has 0 heterocycles. The molecule has 0 unspecified atom stereocenters. The third-order valence-electron chi connectivity index (χ3n) is 2.04. The Hall–Kier alpha value is -0.440. The maximum Gasteiger partial charge on any atom is 0.0824 e. The zero-order chi connectivity index (χ0) is 10.0. The van der Waals surface area contributed by atoms with E-state index in [0.717, 1.165) is 5.56 Å². The lowest BCUT2D eigenvalue weighted by atomic mass is 10.1. The van der Waals surface area contributed by atoms with Crippen LogP contribution in [0.3, 0.4) is 0 Å². The molecule has 1 aromatic rings. The van der Waals surface area contributed by atoms with E-state index in [1.807, 2.05) is 20.0 Å². The minimum atomic E-state index is 0.172. The molecule has 72 valence electrons. The van der Waals surface area contributed by atoms with Crippen molar-refractivity contribution in [2.75, 3.05) is 12.8 Å². The highest BCUT2D eigenvalue weighted by Crippen LogP contribution is 2.33. The van der Waals surface area contributed by atoms with E-state index in [-0.39, 0.29) is 6.04 Å². The fourth-order valence-electron chi connectivity index (χ4n) is 1.07. The van der Waals surface area contributed by atoms with Gasteiger partial charge in [0.2, 0.25) is 0 Å². The summed E-state index contributed by atoms with van der Waals surface area (Å²) in [6.45, 7) is 2.01. The van der Waals surface area contributed by atoms with Gasteiger partial charge in [0.15, 0.2) is 0 Å². The maximum atomic E-state index is 6.02. The second-order valence-corrected chi connectivity index (χ2v) is 3.64. The number of nitrogens with two attached hydrogens (primary N) is 1. The summed E-state index contributed by atoms with van der Waals surface area (Å²) in [5.74, 6) is 0. The molecule has 1 rings (SSSR count). The lowest BCUT2D eigenvalue weighted by molar-refractivity contribution is 0.653. The quantitative estimate of drug-likeness (QED) is 0.750. The zero-order valence-electron chi connectivity index (χ0n) is 7.57. The molecule has 1 aromatic carbocycles. The SMILES string of the molecule is CN[C@@H](C)c1ccc(N)c(Cl)c1Cl. The van der Waals surface area contributed by atoms with Crippen molar-refractivity contribution in [3.8, 4) is 0 Å². The normalized spacial score (nSPS) is 12.9. The summed E-state index contributed by atoms with van der Waals surface area (Å²) >= 11 is 11.9. The molecule has 3 N–H and O–H groups in total. The van der Waals surface area contributed by atoms with Crippen LogP contribution in [0.2, 0.25) is 10.0 Å². The molecule has 0 bridgehead atoms. The summed E-state index contributed by atoms with van der Waals surface area (Å²) in [7, 11) is 1.87. The number of hydrogen-bond donors (Lipinski definition) is 2. The van der Waals surface area contributed by atoms with Gasteiger partial charge in [0, 0.05) is 6.04 Å². The summed E-state index contributed by atoms with van der Waals surface area (Å²) < 4.78 is 0. The number of halogens is 2. The highest BCUT2D eigenvalue weighted by Gasteiger charge is 2.11. The van der Waals surface area contributed by atoms with E-state index in [1.54, 1.807) is 6.07 Å². The molecule has 0 aliphatic carbocycles. The van der Waals surface area contributed by atoms with Crippen molar-refractivity contribution in [1.29, 1.82) is 0 Å². The van der Waals surface area contributed by atoms with Crippen molar-refractivity contribution in [3.63, 3.8) is 0 Å². The lowest BCUT2D eigenvalue weighted by Gasteiger charge is -2.14. The van der Waals surface area contributed by atoms with Crippen LogP contribution in [0.15, 0.2) is 12.1 Å². The third-order valence-corrected chi connectivity index (χ3v) is 2.95. The number of hydrogen-bond acceptors (Lipinski definition) is 2. The molecule has 0 saturated heterocycles. The molecule has 0 saturated carbocycles. The number of nitrogens with one attached hydrogen (secondary N) is 1. The second kappa shape index (κ2) is 4.18. The summed E-state index contributed by atoms with van der Waals surface area (Å²) in [5, 5.41) is 4.05. The van der Waals surface area contributed by atoms with Crippen molar-refractivity contribution >= 4 is 28.9 Å². The molecule has 0 aliphatic rings. The predicted octanol–water partition coefficient (Wildman–Crippen LogP) is 2.86. The van der Waals surface area contributed by atoms with Crippen LogP contribution in [-0.2, 0) is 0 Å². The average molecular weight is 219 g/mol. The van der Waals surface area contributed by atoms with E-state index in [2.05, 4.69) is 5.32 Å². The lowest BCUT2D eigenvalue weighted by Crippen LogP contribution is -2.13. The minimum Gasteiger partial charge on any atom is -0.397 e. The zero-order valence-corrected chi connectivity index (χ0v) is 9.08. The second-order valence-electron chi connectivity index (χ2n) is 2.88. The number of anilines is 1. The summed E-state index contributed by atoms with van der Waals surface area (Å²) in [4.78, 5) is 0. The van der Waals surface area contributed by atoms with Crippen molar-refractivity contribution in [1.82, 2.24) is 5.32 Å². The fourth-order valence-corrected chi connectivity index (χ4v) is 1.58. The molecule has 13 heavy (non-hydrogen) atoms. The van der Waals surface area contributed by atoms with Crippen LogP contribution >= 0.6 is 23.2 Å². The Kier molecular flexibility index (Phi) is 3.42. The molecule has 0 fully saturated rings. The minimum absolute atomic E-state index is 0.172. The van der Waals surface area contributed by atoms with Gasteiger partial charge < -0.3 is 11.1 Å². The van der Waals surface area contributed by atoms with Gasteiger partial charge in [0.05, 0.1) is 15.7 Å². The fraction of sp³-hybridized carbons (Fsp3) is 0.333. The Labute approximate surface area is 88.0 Å². The Bertz CT molecular complexity index is 313. The van der Waals surface area contributed by atoms with Gasteiger partial charge in [0.25, 0.3) is 0 Å². The van der Waals surface area contributed by atoms with Crippen LogP contribution < -0.4 is 11.1 Å². The molecule has 2 nitrogen and oxygen atoms in total. The molecule has 0 radical (unpaired) electrons. The largest absolute Gasteiger partial charge is 0.397 e. The highest BCUT2D eigenvalue weighted by molar-refractivity contribution is 6.44. The smallest absolute Gasteiger partial charge is 0.0824 e. The number of rotatable bonds is 2. The van der Waals surface area contributed by atoms with E-state index in [4.69, 9.17) is 28.9 Å². The van der Waals surface area contributed by atoms with Crippen molar-refractivity contribution in [2.45, 2.75) is 13.0 Å². The molecule has 0 spiro atoms. The van der Waals surface area contributed by atoms with Crippen molar-refractivity contribution in [3.05, 3.63) is 27.7 Å². The van der Waals surface area contributed by atoms with Gasteiger partial charge in [-0.15, -0.1) is 0 Å². The number of nitrogen functional groups attached to an aromatic ring is 1. The van der Waals surface area contributed by atoms with E-state index < -0.39 is 0 Å². The topological polar surface area (TPSA) is 38.0 Å². The molecule has 0 aliphatic heterocycles. The molecule has 0 amide bonds. The molecule has 0 aromatic heterocycles. The Balaban J connectivity index is 3.18. The van der Waals surface area contributed by atoms with Crippen LogP contribution in [0.1, 0.15) is 18.5 Å². The molecule has 4 heteroatoms. The van der Waals surface area contributed by atoms with Gasteiger partial charge in [-0.3, -0.25) is 0 Å². The maximum absolute atomic E-state index is 6.02.